The number of hydrogen-bond acceptors (Lipinski definition) is 6. The molecule has 9 nitrogen and oxygen atoms in total. The molecule has 2 aromatic rings. The van der Waals surface area contributed by atoms with E-state index in [4.69, 9.17) is 9.84 Å². The molecule has 1 amide bonds. The van der Waals surface area contributed by atoms with Gasteiger partial charge in [0.25, 0.3) is 5.91 Å². The second-order valence-corrected chi connectivity index (χ2v) is 5.50. The third-order valence-corrected chi connectivity index (χ3v) is 3.80. The molecular weight excluding hydrogens is 314 g/mol. The molecule has 0 radical (unpaired) electrons. The Hall–Kier alpha value is -2.81. The average molecular weight is 331 g/mol. The van der Waals surface area contributed by atoms with E-state index in [9.17, 15) is 9.59 Å². The van der Waals surface area contributed by atoms with Gasteiger partial charge in [0.05, 0.1) is 32.7 Å². The van der Waals surface area contributed by atoms with E-state index in [0.29, 0.717) is 24.5 Å². The number of tetrazole rings is 1. The summed E-state index contributed by atoms with van der Waals surface area (Å²) in [5.41, 5.74) is 1.24. The number of carbonyl (C=O) groups excluding carboxylic acids is 1. The van der Waals surface area contributed by atoms with E-state index in [-0.39, 0.29) is 18.9 Å². The first kappa shape index (κ1) is 16.1. The number of carboxylic acids is 1. The molecule has 0 saturated carbocycles. The van der Waals surface area contributed by atoms with Crippen molar-refractivity contribution in [1.82, 2.24) is 25.1 Å². The molecule has 0 aliphatic carbocycles. The number of carboxylic acid groups (broad SMARTS) is 1. The van der Waals surface area contributed by atoms with Crippen LogP contribution in [0.2, 0.25) is 0 Å². The van der Waals surface area contributed by atoms with Gasteiger partial charge in [-0.15, -0.1) is 10.2 Å². The molecule has 1 aromatic carbocycles. The quantitative estimate of drug-likeness (QED) is 0.851. The lowest BCUT2D eigenvalue weighted by molar-refractivity contribution is -0.139. The molecular formula is C15H17N5O4. The van der Waals surface area contributed by atoms with Crippen LogP contribution in [0.4, 0.5) is 0 Å². The fourth-order valence-corrected chi connectivity index (χ4v) is 2.62. The third-order valence-electron chi connectivity index (χ3n) is 3.80. The Balaban J connectivity index is 1.77. The topological polar surface area (TPSA) is 110 Å². The van der Waals surface area contributed by atoms with Crippen molar-refractivity contribution in [2.75, 3.05) is 19.8 Å². The van der Waals surface area contributed by atoms with Gasteiger partial charge in [0.15, 0.2) is 0 Å². The van der Waals surface area contributed by atoms with Crippen LogP contribution < -0.4 is 0 Å². The highest BCUT2D eigenvalue weighted by Crippen LogP contribution is 2.18. The monoisotopic (exact) mass is 331 g/mol. The summed E-state index contributed by atoms with van der Waals surface area (Å²) in [6, 6.07) is 6.40. The molecule has 1 aliphatic rings. The Morgan fingerprint density at radius 2 is 2.08 bits per heavy atom. The van der Waals surface area contributed by atoms with Crippen LogP contribution in [0.1, 0.15) is 16.8 Å². The molecule has 0 spiro atoms. The number of ether oxygens (including phenoxy) is 1. The Morgan fingerprint density at radius 3 is 2.71 bits per heavy atom. The summed E-state index contributed by atoms with van der Waals surface area (Å²) in [5, 5.41) is 20.8. The number of aryl methyl sites for hydroxylation is 1. The highest BCUT2D eigenvalue weighted by molar-refractivity contribution is 5.95. The second kappa shape index (κ2) is 6.75. The number of amides is 1. The number of aromatic nitrogens is 4. The van der Waals surface area contributed by atoms with E-state index in [1.807, 2.05) is 0 Å². The largest absolute Gasteiger partial charge is 0.481 e. The van der Waals surface area contributed by atoms with E-state index in [2.05, 4.69) is 15.4 Å². The Bertz CT molecular complexity index is 743. The van der Waals surface area contributed by atoms with Crippen LogP contribution in [-0.4, -0.2) is 67.9 Å². The third kappa shape index (κ3) is 3.40. The van der Waals surface area contributed by atoms with Crippen LogP contribution in [0, 0.1) is 0 Å². The molecule has 1 aliphatic heterocycles. The minimum Gasteiger partial charge on any atom is -0.481 e. The predicted octanol–water partition coefficient (Wildman–Crippen LogP) is 0.193. The van der Waals surface area contributed by atoms with Crippen LogP contribution in [0.15, 0.2) is 24.3 Å². The summed E-state index contributed by atoms with van der Waals surface area (Å²) < 4.78 is 5.30. The van der Waals surface area contributed by atoms with Gasteiger partial charge in [0.1, 0.15) is 0 Å². The lowest BCUT2D eigenvalue weighted by atomic mass is 10.1. The average Bonchev–Trinajstić information content (AvgIpc) is 3.01. The van der Waals surface area contributed by atoms with Crippen LogP contribution in [0.5, 0.6) is 0 Å². The summed E-state index contributed by atoms with van der Waals surface area (Å²) in [6.45, 7) is 1.02. The molecule has 9 heteroatoms. The standard InChI is InChI=1S/C15H17N5O4/c1-19-17-14(16-18-19)10-2-4-11(5-3-10)15(23)20-6-7-24-9-12(20)8-13(21)22/h2-5,12H,6-9H2,1H3,(H,21,22). The summed E-state index contributed by atoms with van der Waals surface area (Å²) in [6.07, 6.45) is -0.132. The van der Waals surface area contributed by atoms with Crippen LogP contribution in [0.25, 0.3) is 11.4 Å². The second-order valence-electron chi connectivity index (χ2n) is 5.50. The van der Waals surface area contributed by atoms with Gasteiger partial charge in [-0.05, 0) is 17.3 Å². The van der Waals surface area contributed by atoms with E-state index < -0.39 is 12.0 Å². The van der Waals surface area contributed by atoms with Gasteiger partial charge in [-0.2, -0.15) is 4.80 Å². The zero-order valence-corrected chi connectivity index (χ0v) is 13.1. The molecule has 2 heterocycles. The Kier molecular flexibility index (Phi) is 4.52. The normalized spacial score (nSPS) is 17.7. The molecule has 1 saturated heterocycles. The van der Waals surface area contributed by atoms with E-state index in [1.54, 1.807) is 36.2 Å². The maximum atomic E-state index is 12.7. The summed E-state index contributed by atoms with van der Waals surface area (Å²) in [7, 11) is 1.68. The van der Waals surface area contributed by atoms with Crippen molar-refractivity contribution in [3.8, 4) is 11.4 Å². The number of hydrogen-bond donors (Lipinski definition) is 1. The Morgan fingerprint density at radius 1 is 1.33 bits per heavy atom. The molecule has 1 aromatic heterocycles. The number of carbonyl (C=O) groups is 2. The van der Waals surface area contributed by atoms with Gasteiger partial charge in [0.2, 0.25) is 5.82 Å². The maximum absolute atomic E-state index is 12.7. The molecule has 1 atom stereocenters. The van der Waals surface area contributed by atoms with Crippen LogP contribution in [0.3, 0.4) is 0 Å². The van der Waals surface area contributed by atoms with Crippen LogP contribution >= 0.6 is 0 Å². The maximum Gasteiger partial charge on any atom is 0.305 e. The van der Waals surface area contributed by atoms with Gasteiger partial charge in [-0.25, -0.2) is 0 Å². The first-order valence-electron chi connectivity index (χ1n) is 7.49. The molecule has 0 bridgehead atoms. The minimum absolute atomic E-state index is 0.132. The molecule has 1 N–H and O–H groups in total. The number of nitrogens with zero attached hydrogens (tertiary/aromatic N) is 5. The highest BCUT2D eigenvalue weighted by atomic mass is 16.5. The van der Waals surface area contributed by atoms with Gasteiger partial charge in [0, 0.05) is 17.7 Å². The van der Waals surface area contributed by atoms with Gasteiger partial charge in [-0.3, -0.25) is 9.59 Å². The molecule has 3 rings (SSSR count). The molecule has 1 unspecified atom stereocenters. The highest BCUT2D eigenvalue weighted by Gasteiger charge is 2.29. The van der Waals surface area contributed by atoms with Crippen molar-refractivity contribution in [2.24, 2.45) is 7.05 Å². The van der Waals surface area contributed by atoms with Crippen molar-refractivity contribution < 1.29 is 19.4 Å². The Labute approximate surface area is 137 Å². The number of benzene rings is 1. The smallest absolute Gasteiger partial charge is 0.305 e. The van der Waals surface area contributed by atoms with Gasteiger partial charge >= 0.3 is 5.97 Å². The number of morpholine rings is 1. The van der Waals surface area contributed by atoms with Crippen LogP contribution in [-0.2, 0) is 16.6 Å². The number of aliphatic carboxylic acids is 1. The van der Waals surface area contributed by atoms with Crippen molar-refractivity contribution in [2.45, 2.75) is 12.5 Å². The van der Waals surface area contributed by atoms with Crippen molar-refractivity contribution in [1.29, 1.82) is 0 Å². The fraction of sp³-hybridized carbons (Fsp3) is 0.400. The summed E-state index contributed by atoms with van der Waals surface area (Å²) >= 11 is 0. The molecule has 24 heavy (non-hydrogen) atoms. The zero-order valence-electron chi connectivity index (χ0n) is 13.1. The fourth-order valence-electron chi connectivity index (χ4n) is 2.62. The predicted molar refractivity (Wildman–Crippen MR) is 82.1 cm³/mol. The van der Waals surface area contributed by atoms with E-state index in [0.717, 1.165) is 5.56 Å². The van der Waals surface area contributed by atoms with Gasteiger partial charge in [-0.1, -0.05) is 12.1 Å². The molecule has 126 valence electrons. The van der Waals surface area contributed by atoms with Gasteiger partial charge < -0.3 is 14.7 Å². The van der Waals surface area contributed by atoms with Crippen molar-refractivity contribution in [3.05, 3.63) is 29.8 Å². The van der Waals surface area contributed by atoms with E-state index >= 15 is 0 Å². The lowest BCUT2D eigenvalue weighted by Crippen LogP contribution is -2.49. The zero-order chi connectivity index (χ0) is 17.1. The first-order valence-corrected chi connectivity index (χ1v) is 7.49. The van der Waals surface area contributed by atoms with E-state index in [1.165, 1.54) is 4.80 Å². The summed E-state index contributed by atoms with van der Waals surface area (Å²) in [5.74, 6) is -0.679. The number of rotatable bonds is 4. The lowest BCUT2D eigenvalue weighted by Gasteiger charge is -2.34. The van der Waals surface area contributed by atoms with Crippen molar-refractivity contribution in [3.63, 3.8) is 0 Å². The SMILES string of the molecule is Cn1nnc(-c2ccc(C(=O)N3CCOCC3CC(=O)O)cc2)n1. The first-order chi connectivity index (χ1) is 11.5. The molecule has 1 fully saturated rings. The minimum atomic E-state index is -0.952. The summed E-state index contributed by atoms with van der Waals surface area (Å²) in [4.78, 5) is 26.6. The van der Waals surface area contributed by atoms with Crippen molar-refractivity contribution >= 4 is 11.9 Å².